The topological polar surface area (TPSA) is 95.5 Å². The summed E-state index contributed by atoms with van der Waals surface area (Å²) in [5, 5.41) is 15.0. The Labute approximate surface area is 139 Å². The van der Waals surface area contributed by atoms with Gasteiger partial charge in [0.2, 0.25) is 11.8 Å². The monoisotopic (exact) mass is 338 g/mol. The lowest BCUT2D eigenvalue weighted by molar-refractivity contribution is -0.142. The van der Waals surface area contributed by atoms with Gasteiger partial charge in [-0.25, -0.2) is 4.79 Å². The number of carboxylic acids is 1. The normalized spacial score (nSPS) is 14.8. The summed E-state index contributed by atoms with van der Waals surface area (Å²) < 4.78 is 0. The third kappa shape index (κ3) is 5.56. The third-order valence-electron chi connectivity index (χ3n) is 3.58. The van der Waals surface area contributed by atoms with Crippen LogP contribution in [-0.4, -0.2) is 29.4 Å². The molecule has 0 bridgehead atoms. The molecular formula is C16H19ClN2O4. The van der Waals surface area contributed by atoms with Crippen LogP contribution < -0.4 is 10.6 Å². The van der Waals surface area contributed by atoms with Gasteiger partial charge in [-0.15, -0.1) is 0 Å². The number of nitrogens with one attached hydrogen (secondary N) is 2. The zero-order valence-corrected chi connectivity index (χ0v) is 13.3. The number of hydrogen-bond donors (Lipinski definition) is 3. The van der Waals surface area contributed by atoms with E-state index in [-0.39, 0.29) is 24.2 Å². The van der Waals surface area contributed by atoms with E-state index in [4.69, 9.17) is 11.6 Å². The minimum absolute atomic E-state index is 0.0370. The number of aliphatic carboxylic acids is 1. The van der Waals surface area contributed by atoms with Crippen molar-refractivity contribution in [2.24, 2.45) is 5.92 Å². The quantitative estimate of drug-likeness (QED) is 0.631. The van der Waals surface area contributed by atoms with Crippen molar-refractivity contribution < 1.29 is 19.5 Å². The number of rotatable bonds is 8. The van der Waals surface area contributed by atoms with Crippen molar-refractivity contribution >= 4 is 29.4 Å². The molecule has 0 aliphatic heterocycles. The predicted molar refractivity (Wildman–Crippen MR) is 84.9 cm³/mol. The van der Waals surface area contributed by atoms with Crippen molar-refractivity contribution in [3.63, 3.8) is 0 Å². The van der Waals surface area contributed by atoms with Gasteiger partial charge in [0.05, 0.1) is 0 Å². The van der Waals surface area contributed by atoms with Crippen LogP contribution in [-0.2, 0) is 14.4 Å². The van der Waals surface area contributed by atoms with Crippen LogP contribution in [0.25, 0.3) is 0 Å². The highest BCUT2D eigenvalue weighted by Crippen LogP contribution is 2.28. The second-order valence-corrected chi connectivity index (χ2v) is 6.00. The van der Waals surface area contributed by atoms with Gasteiger partial charge in [-0.3, -0.25) is 9.59 Å². The lowest BCUT2D eigenvalue weighted by Gasteiger charge is -2.15. The lowest BCUT2D eigenvalue weighted by Crippen LogP contribution is -2.34. The van der Waals surface area contributed by atoms with Gasteiger partial charge in [-0.2, -0.15) is 0 Å². The number of amides is 2. The minimum atomic E-state index is -1.14. The number of carbonyl (C=O) groups is 3. The summed E-state index contributed by atoms with van der Waals surface area (Å²) in [6.07, 6.45) is 2.50. The summed E-state index contributed by atoms with van der Waals surface area (Å²) >= 11 is 5.77. The van der Waals surface area contributed by atoms with E-state index in [1.54, 1.807) is 24.3 Å². The molecule has 1 aliphatic rings. The standard InChI is InChI=1S/C16H19ClN2O4/c17-12-7-5-10(6-8-12)14(16(22)23)19-13(20)2-1-9-18-15(21)11-3-4-11/h5-8,11,14H,1-4,9H2,(H,18,21)(H,19,20)(H,22,23). The molecule has 23 heavy (non-hydrogen) atoms. The summed E-state index contributed by atoms with van der Waals surface area (Å²) in [6, 6.07) is 5.17. The maximum absolute atomic E-state index is 11.9. The van der Waals surface area contributed by atoms with Crippen LogP contribution in [0, 0.1) is 5.92 Å². The van der Waals surface area contributed by atoms with E-state index in [1.165, 1.54) is 0 Å². The average Bonchev–Trinajstić information content (AvgIpc) is 3.34. The van der Waals surface area contributed by atoms with Crippen molar-refractivity contribution in [1.82, 2.24) is 10.6 Å². The molecule has 1 aromatic carbocycles. The summed E-state index contributed by atoms with van der Waals surface area (Å²) in [5.41, 5.74) is 0.456. The van der Waals surface area contributed by atoms with Crippen LogP contribution in [0.1, 0.15) is 37.3 Å². The largest absolute Gasteiger partial charge is 0.479 e. The molecule has 6 nitrogen and oxygen atoms in total. The molecule has 1 saturated carbocycles. The Morgan fingerprint density at radius 2 is 1.87 bits per heavy atom. The van der Waals surface area contributed by atoms with E-state index in [0.717, 1.165) is 12.8 Å². The fourth-order valence-electron chi connectivity index (χ4n) is 2.13. The van der Waals surface area contributed by atoms with Crippen LogP contribution in [0.3, 0.4) is 0 Å². The smallest absolute Gasteiger partial charge is 0.330 e. The molecule has 2 amide bonds. The Kier molecular flexibility index (Phi) is 5.98. The number of halogens is 1. The number of hydrogen-bond acceptors (Lipinski definition) is 3. The van der Waals surface area contributed by atoms with Gasteiger partial charge in [-0.1, -0.05) is 23.7 Å². The number of benzene rings is 1. The molecule has 2 rings (SSSR count). The third-order valence-corrected chi connectivity index (χ3v) is 3.84. The fraction of sp³-hybridized carbons (Fsp3) is 0.438. The van der Waals surface area contributed by atoms with E-state index in [0.29, 0.717) is 23.6 Å². The van der Waals surface area contributed by atoms with Gasteiger partial charge >= 0.3 is 5.97 Å². The maximum Gasteiger partial charge on any atom is 0.330 e. The highest BCUT2D eigenvalue weighted by atomic mass is 35.5. The van der Waals surface area contributed by atoms with Crippen molar-refractivity contribution in [3.8, 4) is 0 Å². The van der Waals surface area contributed by atoms with Gasteiger partial charge < -0.3 is 15.7 Å². The summed E-state index contributed by atoms with van der Waals surface area (Å²) in [6.45, 7) is 0.418. The Morgan fingerprint density at radius 1 is 1.22 bits per heavy atom. The molecule has 1 atom stereocenters. The first-order valence-corrected chi connectivity index (χ1v) is 7.90. The molecule has 0 saturated heterocycles. The second kappa shape index (κ2) is 7.97. The van der Waals surface area contributed by atoms with E-state index in [1.807, 2.05) is 0 Å². The van der Waals surface area contributed by atoms with Gasteiger partial charge in [0.1, 0.15) is 0 Å². The van der Waals surface area contributed by atoms with E-state index in [2.05, 4.69) is 10.6 Å². The molecule has 1 aliphatic carbocycles. The number of carboxylic acid groups (broad SMARTS) is 1. The van der Waals surface area contributed by atoms with Gasteiger partial charge in [0, 0.05) is 23.9 Å². The Balaban J connectivity index is 1.77. The molecule has 1 unspecified atom stereocenters. The van der Waals surface area contributed by atoms with Gasteiger partial charge in [0.15, 0.2) is 6.04 Å². The summed E-state index contributed by atoms with van der Waals surface area (Å²) in [4.78, 5) is 34.6. The van der Waals surface area contributed by atoms with E-state index in [9.17, 15) is 19.5 Å². The van der Waals surface area contributed by atoms with Gasteiger partial charge in [0.25, 0.3) is 0 Å². The van der Waals surface area contributed by atoms with Crippen molar-refractivity contribution in [2.45, 2.75) is 31.7 Å². The first kappa shape index (κ1) is 17.3. The molecule has 0 radical (unpaired) electrons. The molecule has 1 aromatic rings. The molecule has 0 heterocycles. The van der Waals surface area contributed by atoms with Crippen LogP contribution in [0.5, 0.6) is 0 Å². The molecule has 3 N–H and O–H groups in total. The molecule has 0 aromatic heterocycles. The number of carbonyl (C=O) groups excluding carboxylic acids is 2. The van der Waals surface area contributed by atoms with Crippen LogP contribution in [0.2, 0.25) is 5.02 Å². The van der Waals surface area contributed by atoms with Crippen LogP contribution in [0.15, 0.2) is 24.3 Å². The SMILES string of the molecule is O=C(CCCNC(=O)C1CC1)NC(C(=O)O)c1ccc(Cl)cc1. The summed E-state index contributed by atoms with van der Waals surface area (Å²) in [5.74, 6) is -1.32. The maximum atomic E-state index is 11.9. The zero-order valence-electron chi connectivity index (χ0n) is 12.5. The molecule has 0 spiro atoms. The van der Waals surface area contributed by atoms with Gasteiger partial charge in [-0.05, 0) is 37.0 Å². The molecular weight excluding hydrogens is 320 g/mol. The average molecular weight is 339 g/mol. The zero-order chi connectivity index (χ0) is 16.8. The Bertz CT molecular complexity index is 584. The fourth-order valence-corrected chi connectivity index (χ4v) is 2.25. The second-order valence-electron chi connectivity index (χ2n) is 5.56. The Morgan fingerprint density at radius 3 is 2.43 bits per heavy atom. The molecule has 7 heteroatoms. The Hall–Kier alpha value is -2.08. The highest BCUT2D eigenvalue weighted by molar-refractivity contribution is 6.30. The lowest BCUT2D eigenvalue weighted by atomic mass is 10.1. The van der Waals surface area contributed by atoms with E-state index >= 15 is 0 Å². The van der Waals surface area contributed by atoms with Crippen LogP contribution in [0.4, 0.5) is 0 Å². The van der Waals surface area contributed by atoms with Crippen molar-refractivity contribution in [2.75, 3.05) is 6.54 Å². The van der Waals surface area contributed by atoms with E-state index < -0.39 is 12.0 Å². The van der Waals surface area contributed by atoms with Crippen molar-refractivity contribution in [1.29, 1.82) is 0 Å². The predicted octanol–water partition coefficient (Wildman–Crippen LogP) is 1.89. The minimum Gasteiger partial charge on any atom is -0.479 e. The molecule has 124 valence electrons. The molecule has 1 fully saturated rings. The van der Waals surface area contributed by atoms with Crippen LogP contribution >= 0.6 is 11.6 Å². The first-order chi connectivity index (χ1) is 11.0. The highest BCUT2D eigenvalue weighted by Gasteiger charge is 2.29. The van der Waals surface area contributed by atoms with Crippen molar-refractivity contribution in [3.05, 3.63) is 34.9 Å². The summed E-state index contributed by atoms with van der Waals surface area (Å²) in [7, 11) is 0. The first-order valence-electron chi connectivity index (χ1n) is 7.52.